The number of esters is 1. The Morgan fingerprint density at radius 1 is 1.23 bits per heavy atom. The van der Waals surface area contributed by atoms with E-state index in [1.165, 1.54) is 7.11 Å². The zero-order valence-electron chi connectivity index (χ0n) is 16.7. The summed E-state index contributed by atoms with van der Waals surface area (Å²) in [6.45, 7) is 2.63. The molecule has 30 heavy (non-hydrogen) atoms. The summed E-state index contributed by atoms with van der Waals surface area (Å²) in [7, 11) is 1.33. The first-order chi connectivity index (χ1) is 14.4. The fourth-order valence-electron chi connectivity index (χ4n) is 3.54. The monoisotopic (exact) mass is 423 g/mol. The summed E-state index contributed by atoms with van der Waals surface area (Å²) in [6.07, 6.45) is 0.182. The molecule has 7 nitrogen and oxygen atoms in total. The second-order valence-corrected chi connectivity index (χ2v) is 8.43. The number of rotatable bonds is 5. The van der Waals surface area contributed by atoms with Crippen molar-refractivity contribution in [3.63, 3.8) is 0 Å². The van der Waals surface area contributed by atoms with E-state index < -0.39 is 11.9 Å². The molecule has 0 bridgehead atoms. The van der Waals surface area contributed by atoms with Gasteiger partial charge in [0.2, 0.25) is 11.8 Å². The number of benzene rings is 2. The molecule has 1 aliphatic heterocycles. The van der Waals surface area contributed by atoms with Gasteiger partial charge in [0.25, 0.3) is 0 Å². The lowest BCUT2D eigenvalue weighted by molar-refractivity contribution is -0.126. The van der Waals surface area contributed by atoms with Crippen LogP contribution in [0.3, 0.4) is 0 Å². The molecule has 1 fully saturated rings. The van der Waals surface area contributed by atoms with Crippen molar-refractivity contribution in [3.05, 3.63) is 58.6 Å². The molecule has 1 unspecified atom stereocenters. The van der Waals surface area contributed by atoms with Crippen LogP contribution in [-0.2, 0) is 20.9 Å². The summed E-state index contributed by atoms with van der Waals surface area (Å²) in [5.41, 5.74) is 2.95. The first-order valence-electron chi connectivity index (χ1n) is 9.57. The Labute approximate surface area is 177 Å². The molecule has 0 aliphatic carbocycles. The second-order valence-electron chi connectivity index (χ2n) is 7.20. The van der Waals surface area contributed by atoms with Crippen molar-refractivity contribution in [1.82, 2.24) is 10.3 Å². The van der Waals surface area contributed by atoms with Crippen LogP contribution in [0.2, 0.25) is 0 Å². The molecule has 0 spiro atoms. The molecule has 3 aromatic rings. The van der Waals surface area contributed by atoms with Crippen LogP contribution in [0.1, 0.15) is 27.3 Å². The van der Waals surface area contributed by atoms with E-state index in [-0.39, 0.29) is 18.2 Å². The van der Waals surface area contributed by atoms with E-state index in [1.54, 1.807) is 40.5 Å². The number of hydrogen-bond donors (Lipinski definition) is 1. The molecule has 0 radical (unpaired) electrons. The van der Waals surface area contributed by atoms with Crippen LogP contribution in [0.5, 0.6) is 0 Å². The van der Waals surface area contributed by atoms with Gasteiger partial charge in [0.1, 0.15) is 0 Å². The van der Waals surface area contributed by atoms with Gasteiger partial charge in [-0.1, -0.05) is 12.1 Å². The van der Waals surface area contributed by atoms with Crippen molar-refractivity contribution < 1.29 is 19.1 Å². The molecule has 2 aromatic carbocycles. The Morgan fingerprint density at radius 2 is 2.00 bits per heavy atom. The molecule has 1 atom stereocenters. The van der Waals surface area contributed by atoms with E-state index in [0.29, 0.717) is 18.7 Å². The topological polar surface area (TPSA) is 88.6 Å². The van der Waals surface area contributed by atoms with Gasteiger partial charge >= 0.3 is 5.97 Å². The highest BCUT2D eigenvalue weighted by atomic mass is 32.1. The molecule has 4 rings (SSSR count). The van der Waals surface area contributed by atoms with E-state index in [2.05, 4.69) is 15.0 Å². The van der Waals surface area contributed by atoms with Gasteiger partial charge in [-0.3, -0.25) is 9.59 Å². The predicted octanol–water partition coefficient (Wildman–Crippen LogP) is 3.06. The number of methoxy groups -OCH3 is 1. The average Bonchev–Trinajstić information content (AvgIpc) is 3.32. The van der Waals surface area contributed by atoms with Crippen molar-refractivity contribution in [2.45, 2.75) is 19.9 Å². The zero-order valence-corrected chi connectivity index (χ0v) is 17.5. The molecule has 1 N–H and O–H groups in total. The van der Waals surface area contributed by atoms with Crippen molar-refractivity contribution in [3.8, 4) is 0 Å². The van der Waals surface area contributed by atoms with E-state index in [9.17, 15) is 14.4 Å². The Kier molecular flexibility index (Phi) is 5.50. The smallest absolute Gasteiger partial charge is 0.337 e. The van der Waals surface area contributed by atoms with Crippen molar-refractivity contribution in [1.29, 1.82) is 0 Å². The van der Waals surface area contributed by atoms with Crippen LogP contribution in [0.25, 0.3) is 10.2 Å². The number of ether oxygens (including phenoxy) is 1. The van der Waals surface area contributed by atoms with E-state index in [0.717, 1.165) is 26.5 Å². The van der Waals surface area contributed by atoms with Gasteiger partial charge < -0.3 is 15.0 Å². The van der Waals surface area contributed by atoms with Crippen LogP contribution in [0.4, 0.5) is 5.69 Å². The first-order valence-corrected chi connectivity index (χ1v) is 10.4. The number of thiazole rings is 1. The number of aryl methyl sites for hydroxylation is 1. The molecule has 2 amide bonds. The first kappa shape index (κ1) is 20.0. The maximum atomic E-state index is 12.6. The lowest BCUT2D eigenvalue weighted by atomic mass is 10.1. The Morgan fingerprint density at radius 3 is 2.73 bits per heavy atom. The number of carbonyl (C=O) groups excluding carboxylic acids is 3. The third-order valence-corrected chi connectivity index (χ3v) is 6.08. The van der Waals surface area contributed by atoms with Gasteiger partial charge in [0, 0.05) is 25.2 Å². The zero-order chi connectivity index (χ0) is 21.3. The summed E-state index contributed by atoms with van der Waals surface area (Å²) < 4.78 is 5.75. The maximum absolute atomic E-state index is 12.6. The third-order valence-electron chi connectivity index (χ3n) is 5.13. The minimum atomic E-state index is -0.403. The summed E-state index contributed by atoms with van der Waals surface area (Å²) >= 11 is 1.61. The number of aromatic nitrogens is 1. The maximum Gasteiger partial charge on any atom is 0.337 e. The van der Waals surface area contributed by atoms with Crippen molar-refractivity contribution in [2.24, 2.45) is 5.92 Å². The minimum Gasteiger partial charge on any atom is -0.465 e. The number of anilines is 1. The van der Waals surface area contributed by atoms with Crippen LogP contribution in [-0.4, -0.2) is 36.4 Å². The van der Waals surface area contributed by atoms with Crippen LogP contribution in [0.15, 0.2) is 42.5 Å². The van der Waals surface area contributed by atoms with Crippen molar-refractivity contribution >= 4 is 45.0 Å². The Balaban J connectivity index is 1.38. The predicted molar refractivity (Wildman–Crippen MR) is 114 cm³/mol. The number of amides is 2. The highest BCUT2D eigenvalue weighted by Crippen LogP contribution is 2.30. The quantitative estimate of drug-likeness (QED) is 0.637. The molecule has 2 heterocycles. The SMILES string of the molecule is COC(=O)c1ccc(CNC(=O)C2CC(=O)N(c3ccc4sc(C)nc4c3)C2)cc1. The summed E-state index contributed by atoms with van der Waals surface area (Å²) in [6, 6.07) is 12.6. The molecule has 0 saturated carbocycles. The van der Waals surface area contributed by atoms with E-state index >= 15 is 0 Å². The molecule has 1 aliphatic rings. The lowest BCUT2D eigenvalue weighted by Crippen LogP contribution is -2.32. The number of nitrogens with zero attached hydrogens (tertiary/aromatic N) is 2. The number of hydrogen-bond acceptors (Lipinski definition) is 6. The van der Waals surface area contributed by atoms with Gasteiger partial charge in [0.15, 0.2) is 0 Å². The molecule has 1 saturated heterocycles. The van der Waals surface area contributed by atoms with E-state index in [4.69, 9.17) is 0 Å². The number of fused-ring (bicyclic) bond motifs is 1. The second kappa shape index (κ2) is 8.23. The third kappa shape index (κ3) is 4.04. The molecular weight excluding hydrogens is 402 g/mol. The highest BCUT2D eigenvalue weighted by Gasteiger charge is 2.35. The summed E-state index contributed by atoms with van der Waals surface area (Å²) in [5, 5.41) is 3.86. The Hall–Kier alpha value is -3.26. The Bertz CT molecular complexity index is 1120. The lowest BCUT2D eigenvalue weighted by Gasteiger charge is -2.16. The summed E-state index contributed by atoms with van der Waals surface area (Å²) in [4.78, 5) is 42.7. The fraction of sp³-hybridized carbons (Fsp3) is 0.273. The van der Waals surface area contributed by atoms with Gasteiger partial charge in [-0.25, -0.2) is 9.78 Å². The normalized spacial score (nSPS) is 16.1. The van der Waals surface area contributed by atoms with Gasteiger partial charge in [-0.2, -0.15) is 0 Å². The van der Waals surface area contributed by atoms with Gasteiger partial charge in [-0.05, 0) is 42.8 Å². The van der Waals surface area contributed by atoms with Gasteiger partial charge in [-0.15, -0.1) is 11.3 Å². The number of nitrogens with one attached hydrogen (secondary N) is 1. The molecular formula is C22H21N3O4S. The van der Waals surface area contributed by atoms with Crippen LogP contribution < -0.4 is 10.2 Å². The van der Waals surface area contributed by atoms with Crippen LogP contribution >= 0.6 is 11.3 Å². The average molecular weight is 423 g/mol. The fourth-order valence-corrected chi connectivity index (χ4v) is 4.35. The highest BCUT2D eigenvalue weighted by molar-refractivity contribution is 7.18. The van der Waals surface area contributed by atoms with Crippen LogP contribution in [0, 0.1) is 12.8 Å². The minimum absolute atomic E-state index is 0.0658. The standard InChI is InChI=1S/C22H21N3O4S/c1-13-24-18-10-17(7-8-19(18)30-13)25-12-16(9-20(25)26)21(27)23-11-14-3-5-15(6-4-14)22(28)29-2/h3-8,10,16H,9,11-12H2,1-2H3,(H,23,27). The molecule has 1 aromatic heterocycles. The van der Waals surface area contributed by atoms with Crippen molar-refractivity contribution in [2.75, 3.05) is 18.6 Å². The summed E-state index contributed by atoms with van der Waals surface area (Å²) in [5.74, 6) is -1.03. The largest absolute Gasteiger partial charge is 0.465 e. The number of carbonyl (C=O) groups is 3. The van der Waals surface area contributed by atoms with Gasteiger partial charge in [0.05, 0.1) is 33.8 Å². The molecule has 8 heteroatoms. The molecule has 154 valence electrons. The van der Waals surface area contributed by atoms with E-state index in [1.807, 2.05) is 25.1 Å².